The van der Waals surface area contributed by atoms with Gasteiger partial charge in [0.2, 0.25) is 10.0 Å². The summed E-state index contributed by atoms with van der Waals surface area (Å²) >= 11 is 0. The van der Waals surface area contributed by atoms with E-state index in [2.05, 4.69) is 12.2 Å². The average molecular weight is 276 g/mol. The lowest BCUT2D eigenvalue weighted by Crippen LogP contribution is -2.53. The molecular formula is C12H24N2O3S. The van der Waals surface area contributed by atoms with Crippen molar-refractivity contribution in [3.63, 3.8) is 0 Å². The van der Waals surface area contributed by atoms with E-state index in [1.165, 1.54) is 0 Å². The van der Waals surface area contributed by atoms with Crippen molar-refractivity contribution in [1.29, 1.82) is 0 Å². The maximum Gasteiger partial charge on any atom is 0.217 e. The number of piperidine rings is 1. The number of ether oxygens (including phenoxy) is 1. The molecule has 18 heavy (non-hydrogen) atoms. The molecule has 0 bridgehead atoms. The molecule has 2 heterocycles. The van der Waals surface area contributed by atoms with Crippen LogP contribution in [0.5, 0.6) is 0 Å². The van der Waals surface area contributed by atoms with E-state index in [-0.39, 0.29) is 10.8 Å². The Morgan fingerprint density at radius 2 is 1.78 bits per heavy atom. The maximum absolute atomic E-state index is 12.5. The zero-order chi connectivity index (χ0) is 13.2. The van der Waals surface area contributed by atoms with Crippen LogP contribution in [-0.2, 0) is 14.8 Å². The van der Waals surface area contributed by atoms with E-state index in [4.69, 9.17) is 4.74 Å². The minimum Gasteiger partial charge on any atom is -0.381 e. The van der Waals surface area contributed by atoms with Crippen LogP contribution in [0, 0.1) is 0 Å². The minimum absolute atomic E-state index is 0.0850. The van der Waals surface area contributed by atoms with Crippen molar-refractivity contribution in [1.82, 2.24) is 9.62 Å². The summed E-state index contributed by atoms with van der Waals surface area (Å²) in [5, 5.41) is 3.06. The van der Waals surface area contributed by atoms with E-state index >= 15 is 0 Å². The molecule has 2 fully saturated rings. The summed E-state index contributed by atoms with van der Waals surface area (Å²) in [5.41, 5.74) is 0.0850. The smallest absolute Gasteiger partial charge is 0.217 e. The first-order valence-corrected chi connectivity index (χ1v) is 8.24. The Kier molecular flexibility index (Phi) is 4.31. The van der Waals surface area contributed by atoms with Crippen molar-refractivity contribution in [2.24, 2.45) is 0 Å². The van der Waals surface area contributed by atoms with Crippen LogP contribution >= 0.6 is 0 Å². The lowest BCUT2D eigenvalue weighted by atomic mass is 9.91. The average Bonchev–Trinajstić information content (AvgIpc) is 2.40. The molecular weight excluding hydrogens is 252 g/mol. The van der Waals surface area contributed by atoms with E-state index in [1.54, 1.807) is 4.31 Å². The first-order valence-electron chi connectivity index (χ1n) is 6.74. The Bertz CT molecular complexity index is 369. The summed E-state index contributed by atoms with van der Waals surface area (Å²) < 4.78 is 31.9. The molecule has 0 unspecified atom stereocenters. The molecule has 5 nitrogen and oxygen atoms in total. The van der Waals surface area contributed by atoms with Crippen LogP contribution in [0.15, 0.2) is 0 Å². The summed E-state index contributed by atoms with van der Waals surface area (Å²) in [6.45, 7) is 4.58. The molecule has 1 N–H and O–H groups in total. The SMILES string of the molecule is CNC1(C)CCN(S(=O)(=O)C2CCOCC2)CC1. The van der Waals surface area contributed by atoms with Gasteiger partial charge in [0.05, 0.1) is 5.25 Å². The molecule has 0 saturated carbocycles. The number of sulfonamides is 1. The van der Waals surface area contributed by atoms with Gasteiger partial charge in [0.1, 0.15) is 0 Å². The molecule has 0 atom stereocenters. The predicted molar refractivity (Wildman–Crippen MR) is 71.0 cm³/mol. The van der Waals surface area contributed by atoms with E-state index in [1.807, 2.05) is 7.05 Å². The highest BCUT2D eigenvalue weighted by molar-refractivity contribution is 7.89. The lowest BCUT2D eigenvalue weighted by molar-refractivity contribution is 0.0965. The molecule has 0 aliphatic carbocycles. The van der Waals surface area contributed by atoms with Gasteiger partial charge in [0.15, 0.2) is 0 Å². The third-order valence-electron chi connectivity index (χ3n) is 4.38. The summed E-state index contributed by atoms with van der Waals surface area (Å²) in [6, 6.07) is 0. The molecule has 0 aromatic heterocycles. The third kappa shape index (κ3) is 2.87. The van der Waals surface area contributed by atoms with Crippen LogP contribution in [0.1, 0.15) is 32.6 Å². The molecule has 6 heteroatoms. The first-order chi connectivity index (χ1) is 8.48. The molecule has 0 spiro atoms. The van der Waals surface area contributed by atoms with Crippen molar-refractivity contribution < 1.29 is 13.2 Å². The Labute approximate surface area is 110 Å². The molecule has 0 aromatic rings. The van der Waals surface area contributed by atoms with E-state index in [0.717, 1.165) is 12.8 Å². The Balaban J connectivity index is 1.99. The zero-order valence-electron chi connectivity index (χ0n) is 11.3. The molecule has 0 radical (unpaired) electrons. The largest absolute Gasteiger partial charge is 0.381 e. The highest BCUT2D eigenvalue weighted by Gasteiger charge is 2.38. The molecule has 0 amide bonds. The second-order valence-electron chi connectivity index (χ2n) is 5.57. The molecule has 2 aliphatic heterocycles. The molecule has 0 aromatic carbocycles. The van der Waals surface area contributed by atoms with E-state index < -0.39 is 10.0 Å². The van der Waals surface area contributed by atoms with Crippen LogP contribution in [0.25, 0.3) is 0 Å². The zero-order valence-corrected chi connectivity index (χ0v) is 12.1. The summed E-state index contributed by atoms with van der Waals surface area (Å²) in [7, 11) is -1.17. The Morgan fingerprint density at radius 1 is 1.22 bits per heavy atom. The van der Waals surface area contributed by atoms with Gasteiger partial charge in [-0.2, -0.15) is 0 Å². The molecule has 2 saturated heterocycles. The summed E-state index contributed by atoms with van der Waals surface area (Å²) in [4.78, 5) is 0. The van der Waals surface area contributed by atoms with Crippen molar-refractivity contribution in [2.75, 3.05) is 33.4 Å². The first kappa shape index (κ1) is 14.2. The second kappa shape index (κ2) is 5.45. The quantitative estimate of drug-likeness (QED) is 0.819. The number of nitrogens with zero attached hydrogens (tertiary/aromatic N) is 1. The van der Waals surface area contributed by atoms with E-state index in [9.17, 15) is 8.42 Å². The highest BCUT2D eigenvalue weighted by Crippen LogP contribution is 2.27. The predicted octanol–water partition coefficient (Wildman–Crippen LogP) is 0.569. The van der Waals surface area contributed by atoms with Gasteiger partial charge < -0.3 is 10.1 Å². The fourth-order valence-corrected chi connectivity index (χ4v) is 4.57. The molecule has 2 aliphatic rings. The standard InChI is InChI=1S/C12H24N2O3S/c1-12(13-2)5-7-14(8-6-12)18(15,16)11-3-9-17-10-4-11/h11,13H,3-10H2,1-2H3. The number of hydrogen-bond donors (Lipinski definition) is 1. The van der Waals surface area contributed by atoms with Crippen LogP contribution in [0.4, 0.5) is 0 Å². The lowest BCUT2D eigenvalue weighted by Gasteiger charge is -2.40. The highest BCUT2D eigenvalue weighted by atomic mass is 32.2. The van der Waals surface area contributed by atoms with Crippen molar-refractivity contribution in [3.8, 4) is 0 Å². The third-order valence-corrected chi connectivity index (χ3v) is 6.78. The van der Waals surface area contributed by atoms with Gasteiger partial charge in [-0.05, 0) is 39.7 Å². The molecule has 106 valence electrons. The maximum atomic E-state index is 12.5. The van der Waals surface area contributed by atoms with Gasteiger partial charge in [-0.3, -0.25) is 0 Å². The van der Waals surface area contributed by atoms with Crippen LogP contribution < -0.4 is 5.32 Å². The summed E-state index contributed by atoms with van der Waals surface area (Å²) in [5.74, 6) is 0. The fourth-order valence-electron chi connectivity index (χ4n) is 2.67. The second-order valence-corrected chi connectivity index (χ2v) is 7.78. The normalized spacial score (nSPS) is 27.2. The van der Waals surface area contributed by atoms with Gasteiger partial charge in [0, 0.05) is 31.8 Å². The summed E-state index contributed by atoms with van der Waals surface area (Å²) in [6.07, 6.45) is 3.04. The van der Waals surface area contributed by atoms with E-state index in [0.29, 0.717) is 39.1 Å². The van der Waals surface area contributed by atoms with Gasteiger partial charge >= 0.3 is 0 Å². The van der Waals surface area contributed by atoms with Gasteiger partial charge in [-0.25, -0.2) is 12.7 Å². The van der Waals surface area contributed by atoms with Crippen molar-refractivity contribution >= 4 is 10.0 Å². The fraction of sp³-hybridized carbons (Fsp3) is 1.00. The van der Waals surface area contributed by atoms with Gasteiger partial charge in [0.25, 0.3) is 0 Å². The molecule has 2 rings (SSSR count). The monoisotopic (exact) mass is 276 g/mol. The minimum atomic E-state index is -3.12. The topological polar surface area (TPSA) is 58.6 Å². The number of rotatable bonds is 3. The van der Waals surface area contributed by atoms with Crippen molar-refractivity contribution in [2.45, 2.75) is 43.4 Å². The van der Waals surface area contributed by atoms with Crippen molar-refractivity contribution in [3.05, 3.63) is 0 Å². The van der Waals surface area contributed by atoms with Crippen LogP contribution in [-0.4, -0.2) is 56.9 Å². The van der Waals surface area contributed by atoms with Crippen LogP contribution in [0.3, 0.4) is 0 Å². The number of nitrogens with one attached hydrogen (secondary N) is 1. The van der Waals surface area contributed by atoms with Crippen LogP contribution in [0.2, 0.25) is 0 Å². The van der Waals surface area contributed by atoms with Gasteiger partial charge in [-0.1, -0.05) is 0 Å². The Morgan fingerprint density at radius 3 is 2.28 bits per heavy atom. The number of hydrogen-bond acceptors (Lipinski definition) is 4. The van der Waals surface area contributed by atoms with Gasteiger partial charge in [-0.15, -0.1) is 0 Å². The Hall–Kier alpha value is -0.170.